The Balaban J connectivity index is 1.40. The summed E-state index contributed by atoms with van der Waals surface area (Å²) < 4.78 is 0. The van der Waals surface area contributed by atoms with Crippen LogP contribution in [-0.4, -0.2) is 16.8 Å². The minimum atomic E-state index is -0.319. The first-order chi connectivity index (χ1) is 17.3. The Morgan fingerprint density at radius 2 is 0.972 bits per heavy atom. The molecule has 0 saturated carbocycles. The number of carbonyl (C=O) groups is 2. The molecular formula is C27H15Cl4N3O2. The van der Waals surface area contributed by atoms with Crippen LogP contribution in [-0.2, 0) is 0 Å². The number of amides is 2. The van der Waals surface area contributed by atoms with Crippen LogP contribution in [0.4, 0.5) is 11.4 Å². The van der Waals surface area contributed by atoms with Gasteiger partial charge in [-0.25, -0.2) is 4.98 Å². The number of fused-ring (bicyclic) bond motifs is 2. The van der Waals surface area contributed by atoms with Gasteiger partial charge in [0.2, 0.25) is 0 Å². The van der Waals surface area contributed by atoms with Gasteiger partial charge in [-0.3, -0.25) is 9.59 Å². The summed E-state index contributed by atoms with van der Waals surface area (Å²) in [6, 6.07) is 22.3. The maximum absolute atomic E-state index is 12.6. The Kier molecular flexibility index (Phi) is 6.73. The molecule has 2 N–H and O–H groups in total. The number of hydrogen-bond donors (Lipinski definition) is 2. The molecule has 0 radical (unpaired) electrons. The lowest BCUT2D eigenvalue weighted by molar-refractivity contribution is 0.101. The molecule has 0 aliphatic heterocycles. The van der Waals surface area contributed by atoms with E-state index in [9.17, 15) is 9.59 Å². The number of nitrogens with one attached hydrogen (secondary N) is 2. The monoisotopic (exact) mass is 553 g/mol. The Morgan fingerprint density at radius 3 is 1.39 bits per heavy atom. The zero-order chi connectivity index (χ0) is 25.4. The Morgan fingerprint density at radius 1 is 0.528 bits per heavy atom. The second kappa shape index (κ2) is 9.96. The van der Waals surface area contributed by atoms with Crippen LogP contribution in [0.5, 0.6) is 0 Å². The second-order valence-electron chi connectivity index (χ2n) is 7.97. The fraction of sp³-hybridized carbons (Fsp3) is 0. The molecule has 5 nitrogen and oxygen atoms in total. The average Bonchev–Trinajstić information content (AvgIpc) is 2.86. The minimum Gasteiger partial charge on any atom is -0.322 e. The SMILES string of the molecule is O=C(Nc1ccc2cc3ccc(NC(=O)c4ccc(Cl)c(Cl)c4)cc3nc2c1)c1ccc(Cl)c(Cl)c1. The summed E-state index contributed by atoms with van der Waals surface area (Å²) >= 11 is 23.9. The van der Waals surface area contributed by atoms with E-state index in [-0.39, 0.29) is 11.8 Å². The van der Waals surface area contributed by atoms with Gasteiger partial charge in [0.1, 0.15) is 0 Å². The third-order valence-electron chi connectivity index (χ3n) is 5.49. The first kappa shape index (κ1) is 24.3. The van der Waals surface area contributed by atoms with Crippen molar-refractivity contribution in [1.82, 2.24) is 4.98 Å². The summed E-state index contributed by atoms with van der Waals surface area (Å²) in [5, 5.41) is 8.88. The van der Waals surface area contributed by atoms with Crippen molar-refractivity contribution in [1.29, 1.82) is 0 Å². The lowest BCUT2D eigenvalue weighted by Crippen LogP contribution is -2.12. The molecule has 0 bridgehead atoms. The predicted molar refractivity (Wildman–Crippen MR) is 148 cm³/mol. The molecule has 0 atom stereocenters. The van der Waals surface area contributed by atoms with E-state index in [0.29, 0.717) is 53.6 Å². The smallest absolute Gasteiger partial charge is 0.255 e. The third-order valence-corrected chi connectivity index (χ3v) is 6.97. The first-order valence-electron chi connectivity index (χ1n) is 10.6. The molecular weight excluding hydrogens is 540 g/mol. The van der Waals surface area contributed by atoms with Gasteiger partial charge in [-0.15, -0.1) is 0 Å². The van der Waals surface area contributed by atoms with Crippen molar-refractivity contribution in [3.8, 4) is 0 Å². The molecule has 4 aromatic carbocycles. The third kappa shape index (κ3) is 5.11. The number of aromatic nitrogens is 1. The molecule has 0 fully saturated rings. The van der Waals surface area contributed by atoms with Crippen LogP contribution in [0.1, 0.15) is 20.7 Å². The topological polar surface area (TPSA) is 71.1 Å². The van der Waals surface area contributed by atoms with E-state index in [4.69, 9.17) is 51.4 Å². The molecule has 5 rings (SSSR count). The van der Waals surface area contributed by atoms with Crippen molar-refractivity contribution < 1.29 is 9.59 Å². The number of benzene rings is 4. The van der Waals surface area contributed by atoms with Crippen molar-refractivity contribution in [3.63, 3.8) is 0 Å². The molecule has 0 unspecified atom stereocenters. The first-order valence-corrected chi connectivity index (χ1v) is 12.2. The van der Waals surface area contributed by atoms with Crippen LogP contribution in [0, 0.1) is 0 Å². The highest BCUT2D eigenvalue weighted by molar-refractivity contribution is 6.42. The number of anilines is 2. The molecule has 0 saturated heterocycles. The summed E-state index contributed by atoms with van der Waals surface area (Å²) in [6.07, 6.45) is 0. The zero-order valence-corrected chi connectivity index (χ0v) is 21.3. The second-order valence-corrected chi connectivity index (χ2v) is 9.60. The van der Waals surface area contributed by atoms with Gasteiger partial charge in [-0.05, 0) is 66.7 Å². The van der Waals surface area contributed by atoms with E-state index >= 15 is 0 Å². The number of hydrogen-bond acceptors (Lipinski definition) is 3. The maximum Gasteiger partial charge on any atom is 0.255 e. The minimum absolute atomic E-state index is 0.304. The number of halogens is 4. The molecule has 5 aromatic rings. The lowest BCUT2D eigenvalue weighted by atomic mass is 10.1. The van der Waals surface area contributed by atoms with Crippen LogP contribution in [0.15, 0.2) is 78.9 Å². The normalized spacial score (nSPS) is 11.0. The van der Waals surface area contributed by atoms with Crippen LogP contribution in [0.2, 0.25) is 20.1 Å². The number of nitrogens with zero attached hydrogens (tertiary/aromatic N) is 1. The maximum atomic E-state index is 12.6. The van der Waals surface area contributed by atoms with Crippen molar-refractivity contribution in [2.45, 2.75) is 0 Å². The summed E-state index contributed by atoms with van der Waals surface area (Å²) in [4.78, 5) is 30.0. The van der Waals surface area contributed by atoms with Crippen molar-refractivity contribution in [2.24, 2.45) is 0 Å². The fourth-order valence-electron chi connectivity index (χ4n) is 3.66. The van der Waals surface area contributed by atoms with Gasteiger partial charge in [0, 0.05) is 33.3 Å². The van der Waals surface area contributed by atoms with Crippen LogP contribution < -0.4 is 10.6 Å². The van der Waals surface area contributed by atoms with Gasteiger partial charge in [-0.2, -0.15) is 0 Å². The summed E-state index contributed by atoms with van der Waals surface area (Å²) in [5.74, 6) is -0.637. The zero-order valence-electron chi connectivity index (χ0n) is 18.3. The van der Waals surface area contributed by atoms with Gasteiger partial charge in [0.15, 0.2) is 0 Å². The standard InChI is InChI=1S/C27H15Cl4N3O2/c28-20-7-3-16(10-22(20)30)26(35)32-18-5-1-14-9-15-2-6-19(13-25(15)34-24(14)12-18)33-27(36)17-4-8-21(29)23(31)11-17/h1-13H,(H,32,35)(H,33,36). The number of carbonyl (C=O) groups excluding carboxylic acids is 2. The Labute approximate surface area is 225 Å². The quantitative estimate of drug-likeness (QED) is 0.219. The van der Waals surface area contributed by atoms with Gasteiger partial charge in [0.05, 0.1) is 31.1 Å². The molecule has 36 heavy (non-hydrogen) atoms. The van der Waals surface area contributed by atoms with Crippen LogP contribution in [0.25, 0.3) is 21.8 Å². The van der Waals surface area contributed by atoms with E-state index in [0.717, 1.165) is 10.8 Å². The summed E-state index contributed by atoms with van der Waals surface area (Å²) in [6.45, 7) is 0. The van der Waals surface area contributed by atoms with E-state index in [1.54, 1.807) is 48.5 Å². The van der Waals surface area contributed by atoms with E-state index in [1.165, 1.54) is 12.1 Å². The predicted octanol–water partition coefficient (Wildman–Crippen LogP) is 8.51. The molecule has 9 heteroatoms. The highest BCUT2D eigenvalue weighted by atomic mass is 35.5. The van der Waals surface area contributed by atoms with Crippen molar-refractivity contribution in [2.75, 3.05) is 10.6 Å². The van der Waals surface area contributed by atoms with Gasteiger partial charge in [-0.1, -0.05) is 58.5 Å². The van der Waals surface area contributed by atoms with Crippen molar-refractivity contribution >= 4 is 91.4 Å². The Hall–Kier alpha value is -3.35. The molecule has 0 aliphatic carbocycles. The van der Waals surface area contributed by atoms with Crippen LogP contribution in [0.3, 0.4) is 0 Å². The highest BCUT2D eigenvalue weighted by Crippen LogP contribution is 2.27. The molecule has 1 aromatic heterocycles. The molecule has 2 amide bonds. The molecule has 1 heterocycles. The van der Waals surface area contributed by atoms with Crippen molar-refractivity contribution in [3.05, 3.63) is 110 Å². The van der Waals surface area contributed by atoms with Gasteiger partial charge >= 0.3 is 0 Å². The molecule has 0 spiro atoms. The van der Waals surface area contributed by atoms with Gasteiger partial charge in [0.25, 0.3) is 11.8 Å². The van der Waals surface area contributed by atoms with E-state index < -0.39 is 0 Å². The largest absolute Gasteiger partial charge is 0.322 e. The number of rotatable bonds is 4. The summed E-state index contributed by atoms with van der Waals surface area (Å²) in [5.41, 5.74) is 3.30. The lowest BCUT2D eigenvalue weighted by Gasteiger charge is -2.10. The van der Waals surface area contributed by atoms with Crippen LogP contribution >= 0.6 is 46.4 Å². The van der Waals surface area contributed by atoms with E-state index in [2.05, 4.69) is 10.6 Å². The number of pyridine rings is 1. The highest BCUT2D eigenvalue weighted by Gasteiger charge is 2.11. The Bertz CT molecular complexity index is 1570. The molecule has 178 valence electrons. The van der Waals surface area contributed by atoms with Gasteiger partial charge < -0.3 is 10.6 Å². The fourth-order valence-corrected chi connectivity index (χ4v) is 4.26. The molecule has 0 aliphatic rings. The summed E-state index contributed by atoms with van der Waals surface area (Å²) in [7, 11) is 0. The average molecular weight is 555 g/mol. The van der Waals surface area contributed by atoms with E-state index in [1.807, 2.05) is 18.2 Å².